The van der Waals surface area contributed by atoms with E-state index in [1.165, 1.54) is 0 Å². The number of aliphatic hydroxyl groups is 1. The summed E-state index contributed by atoms with van der Waals surface area (Å²) in [5.41, 5.74) is 2.50. The Balaban J connectivity index is 1.49. The molecule has 28 heavy (non-hydrogen) atoms. The molecule has 1 aliphatic heterocycles. The molecule has 1 aliphatic rings. The number of phenols is 1. The molecule has 3 heterocycles. The summed E-state index contributed by atoms with van der Waals surface area (Å²) >= 11 is 0. The van der Waals surface area contributed by atoms with Gasteiger partial charge in [-0.25, -0.2) is 4.98 Å². The monoisotopic (exact) mass is 378 g/mol. The number of hydrogen-bond acceptors (Lipinski definition) is 8. The Kier molecular flexibility index (Phi) is 5.03. The van der Waals surface area contributed by atoms with Crippen molar-refractivity contribution in [1.29, 1.82) is 0 Å². The number of β-amino-alcohol motifs (C(OH)–C–C–N with tert-alkyl or cyclic N) is 1. The van der Waals surface area contributed by atoms with E-state index in [-0.39, 0.29) is 11.7 Å². The SMILES string of the molecule is Cc1cc(N2C[C@@H](Cc3cnccn3)[C@H](O)C2)nc(Nc2ccc(O)cc2)n1. The average Bonchev–Trinajstić information content (AvgIpc) is 3.05. The zero-order chi connectivity index (χ0) is 19.5. The summed E-state index contributed by atoms with van der Waals surface area (Å²) < 4.78 is 0. The molecule has 1 fully saturated rings. The number of benzene rings is 1. The van der Waals surface area contributed by atoms with Gasteiger partial charge in [0.25, 0.3) is 0 Å². The first-order chi connectivity index (χ1) is 13.6. The van der Waals surface area contributed by atoms with Crippen molar-refractivity contribution < 1.29 is 10.2 Å². The Morgan fingerprint density at radius 2 is 1.96 bits per heavy atom. The number of nitrogens with one attached hydrogen (secondary N) is 1. The molecular weight excluding hydrogens is 356 g/mol. The molecule has 3 N–H and O–H groups in total. The van der Waals surface area contributed by atoms with Crippen molar-refractivity contribution in [3.8, 4) is 5.75 Å². The molecule has 2 atom stereocenters. The van der Waals surface area contributed by atoms with Crippen LogP contribution in [0, 0.1) is 12.8 Å². The van der Waals surface area contributed by atoms with Gasteiger partial charge in [0.15, 0.2) is 0 Å². The highest BCUT2D eigenvalue weighted by Crippen LogP contribution is 2.27. The lowest BCUT2D eigenvalue weighted by molar-refractivity contribution is 0.147. The smallest absolute Gasteiger partial charge is 0.229 e. The van der Waals surface area contributed by atoms with Gasteiger partial charge in [-0.1, -0.05) is 0 Å². The van der Waals surface area contributed by atoms with Crippen LogP contribution >= 0.6 is 0 Å². The molecule has 8 nitrogen and oxygen atoms in total. The zero-order valence-corrected chi connectivity index (χ0v) is 15.5. The van der Waals surface area contributed by atoms with Crippen LogP contribution in [0.15, 0.2) is 48.9 Å². The number of phenolic OH excluding ortho intramolecular Hbond substituents is 1. The van der Waals surface area contributed by atoms with Crippen molar-refractivity contribution in [3.63, 3.8) is 0 Å². The normalized spacial score (nSPS) is 19.0. The molecule has 0 spiro atoms. The fourth-order valence-corrected chi connectivity index (χ4v) is 3.39. The molecular formula is C20H22N6O2. The van der Waals surface area contributed by atoms with E-state index in [0.29, 0.717) is 25.5 Å². The van der Waals surface area contributed by atoms with Gasteiger partial charge in [-0.2, -0.15) is 4.98 Å². The number of nitrogens with zero attached hydrogens (tertiary/aromatic N) is 5. The van der Waals surface area contributed by atoms with Gasteiger partial charge in [0.05, 0.1) is 11.8 Å². The minimum absolute atomic E-state index is 0.0699. The van der Waals surface area contributed by atoms with Gasteiger partial charge in [-0.3, -0.25) is 9.97 Å². The number of aromatic hydroxyl groups is 1. The largest absolute Gasteiger partial charge is 0.508 e. The van der Waals surface area contributed by atoms with Crippen LogP contribution in [-0.4, -0.2) is 49.3 Å². The van der Waals surface area contributed by atoms with Crippen molar-refractivity contribution in [2.24, 2.45) is 5.92 Å². The van der Waals surface area contributed by atoms with Crippen molar-refractivity contribution in [1.82, 2.24) is 19.9 Å². The highest BCUT2D eigenvalue weighted by molar-refractivity contribution is 5.57. The molecule has 0 amide bonds. The topological polar surface area (TPSA) is 107 Å². The third-order valence-corrected chi connectivity index (χ3v) is 4.78. The minimum atomic E-state index is -0.453. The third-order valence-electron chi connectivity index (χ3n) is 4.78. The number of hydrogen-bond donors (Lipinski definition) is 3. The number of anilines is 3. The molecule has 0 saturated carbocycles. The first kappa shape index (κ1) is 18.1. The maximum absolute atomic E-state index is 10.5. The number of aromatic nitrogens is 4. The van der Waals surface area contributed by atoms with Gasteiger partial charge in [0, 0.05) is 55.0 Å². The second-order valence-corrected chi connectivity index (χ2v) is 7.00. The van der Waals surface area contributed by atoms with Crippen LogP contribution in [0.3, 0.4) is 0 Å². The molecule has 2 aromatic heterocycles. The first-order valence-corrected chi connectivity index (χ1v) is 9.16. The van der Waals surface area contributed by atoms with Crippen molar-refractivity contribution in [2.45, 2.75) is 19.4 Å². The summed E-state index contributed by atoms with van der Waals surface area (Å²) in [5, 5.41) is 23.1. The molecule has 1 saturated heterocycles. The van der Waals surface area contributed by atoms with Crippen molar-refractivity contribution in [2.75, 3.05) is 23.3 Å². The number of aliphatic hydroxyl groups excluding tert-OH is 1. The Morgan fingerprint density at radius 1 is 1.14 bits per heavy atom. The lowest BCUT2D eigenvalue weighted by Gasteiger charge is -2.18. The molecule has 3 aromatic rings. The van der Waals surface area contributed by atoms with E-state index in [2.05, 4.69) is 30.2 Å². The Labute approximate surface area is 163 Å². The quantitative estimate of drug-likeness (QED) is 0.579. The second-order valence-electron chi connectivity index (χ2n) is 7.00. The standard InChI is InChI=1S/C20H22N6O2/c1-13-8-19(25-20(23-13)24-15-2-4-17(27)5-3-15)26-11-14(18(28)12-26)9-16-10-21-6-7-22-16/h2-8,10,14,18,27-28H,9,11-12H2,1H3,(H,23,24,25)/t14-,18-/m1/s1. The maximum Gasteiger partial charge on any atom is 0.229 e. The van der Waals surface area contributed by atoms with Gasteiger partial charge < -0.3 is 20.4 Å². The summed E-state index contributed by atoms with van der Waals surface area (Å²) in [5.74, 6) is 1.53. The summed E-state index contributed by atoms with van der Waals surface area (Å²) in [6.07, 6.45) is 5.28. The van der Waals surface area contributed by atoms with E-state index >= 15 is 0 Å². The molecule has 144 valence electrons. The molecule has 1 aromatic carbocycles. The lowest BCUT2D eigenvalue weighted by Crippen LogP contribution is -2.22. The fourth-order valence-electron chi connectivity index (χ4n) is 3.39. The molecule has 4 rings (SSSR count). The van der Waals surface area contributed by atoms with Crippen molar-refractivity contribution >= 4 is 17.5 Å². The van der Waals surface area contributed by atoms with E-state index in [1.54, 1.807) is 42.9 Å². The van der Waals surface area contributed by atoms with Crippen LogP contribution < -0.4 is 10.2 Å². The van der Waals surface area contributed by atoms with E-state index in [0.717, 1.165) is 22.9 Å². The summed E-state index contributed by atoms with van der Waals surface area (Å²) in [7, 11) is 0. The number of rotatable bonds is 5. The van der Waals surface area contributed by atoms with E-state index in [4.69, 9.17) is 0 Å². The van der Waals surface area contributed by atoms with Crippen LogP contribution in [0.25, 0.3) is 0 Å². The Hall–Kier alpha value is -3.26. The van der Waals surface area contributed by atoms with Crippen LogP contribution in [0.4, 0.5) is 17.5 Å². The van der Waals surface area contributed by atoms with Crippen LogP contribution in [0.2, 0.25) is 0 Å². The molecule has 0 bridgehead atoms. The summed E-state index contributed by atoms with van der Waals surface area (Å²) in [6.45, 7) is 3.11. The van der Waals surface area contributed by atoms with Crippen LogP contribution in [-0.2, 0) is 6.42 Å². The average molecular weight is 378 g/mol. The predicted octanol–water partition coefficient (Wildman–Crippen LogP) is 2.06. The van der Waals surface area contributed by atoms with Crippen LogP contribution in [0.1, 0.15) is 11.4 Å². The second kappa shape index (κ2) is 7.77. The zero-order valence-electron chi connectivity index (χ0n) is 15.5. The fraction of sp³-hybridized carbons (Fsp3) is 0.300. The summed E-state index contributed by atoms with van der Waals surface area (Å²) in [6, 6.07) is 8.65. The molecule has 8 heteroatoms. The Morgan fingerprint density at radius 3 is 2.71 bits per heavy atom. The van der Waals surface area contributed by atoms with Gasteiger partial charge in [-0.15, -0.1) is 0 Å². The summed E-state index contributed by atoms with van der Waals surface area (Å²) in [4.78, 5) is 19.5. The molecule has 0 aliphatic carbocycles. The highest BCUT2D eigenvalue weighted by atomic mass is 16.3. The Bertz CT molecular complexity index is 935. The third kappa shape index (κ3) is 4.17. The maximum atomic E-state index is 10.5. The first-order valence-electron chi connectivity index (χ1n) is 9.16. The minimum Gasteiger partial charge on any atom is -0.508 e. The van der Waals surface area contributed by atoms with E-state index in [1.807, 2.05) is 13.0 Å². The van der Waals surface area contributed by atoms with Gasteiger partial charge in [-0.05, 0) is 37.6 Å². The molecule has 0 radical (unpaired) electrons. The number of aryl methyl sites for hydroxylation is 1. The predicted molar refractivity (Wildman–Crippen MR) is 106 cm³/mol. The van der Waals surface area contributed by atoms with Gasteiger partial charge >= 0.3 is 0 Å². The highest BCUT2D eigenvalue weighted by Gasteiger charge is 2.32. The van der Waals surface area contributed by atoms with Crippen molar-refractivity contribution in [3.05, 3.63) is 60.3 Å². The van der Waals surface area contributed by atoms with E-state index < -0.39 is 6.10 Å². The lowest BCUT2D eigenvalue weighted by atomic mass is 10.0. The van der Waals surface area contributed by atoms with Crippen LogP contribution in [0.5, 0.6) is 5.75 Å². The van der Waals surface area contributed by atoms with E-state index in [9.17, 15) is 10.2 Å². The van der Waals surface area contributed by atoms with Gasteiger partial charge in [0.1, 0.15) is 11.6 Å². The van der Waals surface area contributed by atoms with Gasteiger partial charge in [0.2, 0.25) is 5.95 Å². The molecule has 0 unspecified atom stereocenters.